The number of hydrogen-bond acceptors (Lipinski definition) is 2. The maximum absolute atomic E-state index is 13.1. The lowest BCUT2D eigenvalue weighted by molar-refractivity contribution is -0.143. The van der Waals surface area contributed by atoms with Gasteiger partial charge in [0.15, 0.2) is 0 Å². The molecule has 2 atom stereocenters. The third-order valence-corrected chi connectivity index (χ3v) is 6.16. The van der Waals surface area contributed by atoms with Gasteiger partial charge in [0.05, 0.1) is 17.2 Å². The molecule has 1 amide bonds. The Morgan fingerprint density at radius 1 is 1.03 bits per heavy atom. The average molecular weight is 486 g/mol. The summed E-state index contributed by atoms with van der Waals surface area (Å²) in [4.78, 5) is 13.7. The van der Waals surface area contributed by atoms with Gasteiger partial charge in [0.1, 0.15) is 6.10 Å². The van der Waals surface area contributed by atoms with Crippen LogP contribution in [-0.4, -0.2) is 23.6 Å². The zero-order chi connectivity index (χ0) is 21.6. The molecular formula is C19H18BrF6NO2. The summed E-state index contributed by atoms with van der Waals surface area (Å²) in [6.45, 7) is 1.78. The zero-order valence-corrected chi connectivity index (χ0v) is 16.9. The number of halogens is 7. The predicted octanol–water partition coefficient (Wildman–Crippen LogP) is 6.83. The van der Waals surface area contributed by atoms with Crippen molar-refractivity contribution < 1.29 is 35.9 Å². The molecule has 1 heterocycles. The normalized spacial score (nSPS) is 23.6. The minimum atomic E-state index is -4.96. The summed E-state index contributed by atoms with van der Waals surface area (Å²) in [5, 5.41) is 0. The largest absolute Gasteiger partial charge is 0.439 e. The zero-order valence-electron chi connectivity index (χ0n) is 15.3. The average Bonchev–Trinajstić information content (AvgIpc) is 2.90. The van der Waals surface area contributed by atoms with Crippen LogP contribution >= 0.6 is 15.9 Å². The second-order valence-electron chi connectivity index (χ2n) is 7.23. The molecule has 10 heteroatoms. The molecule has 29 heavy (non-hydrogen) atoms. The van der Waals surface area contributed by atoms with E-state index in [0.717, 1.165) is 35.7 Å². The summed E-state index contributed by atoms with van der Waals surface area (Å²) < 4.78 is 84.9. The Morgan fingerprint density at radius 3 is 2.10 bits per heavy atom. The number of hydrogen-bond donors (Lipinski definition) is 0. The topological polar surface area (TPSA) is 29.5 Å². The van der Waals surface area contributed by atoms with Crippen LogP contribution in [0, 0.1) is 0 Å². The van der Waals surface area contributed by atoms with Crippen molar-refractivity contribution in [1.29, 1.82) is 0 Å². The number of carbonyl (C=O) groups is 1. The van der Waals surface area contributed by atoms with Crippen LogP contribution in [0.25, 0.3) is 0 Å². The summed E-state index contributed by atoms with van der Waals surface area (Å²) in [6.07, 6.45) is -8.34. The molecule has 0 N–H and O–H groups in total. The van der Waals surface area contributed by atoms with Crippen LogP contribution < -0.4 is 0 Å². The number of cyclic esters (lactones) is 1. The predicted molar refractivity (Wildman–Crippen MR) is 96.3 cm³/mol. The molecule has 1 aromatic carbocycles. The molecule has 3 nitrogen and oxygen atoms in total. The number of carbonyl (C=O) groups excluding carboxylic acids is 1. The van der Waals surface area contributed by atoms with Crippen LogP contribution in [0.15, 0.2) is 28.3 Å². The van der Waals surface area contributed by atoms with E-state index in [1.54, 1.807) is 6.92 Å². The third kappa shape index (κ3) is 4.73. The van der Waals surface area contributed by atoms with Crippen molar-refractivity contribution in [3.8, 4) is 0 Å². The Labute approximate surface area is 171 Å². The first kappa shape index (κ1) is 22.0. The highest BCUT2D eigenvalue weighted by atomic mass is 79.9. The number of amides is 1. The highest BCUT2D eigenvalue weighted by Crippen LogP contribution is 2.41. The van der Waals surface area contributed by atoms with Crippen LogP contribution in [0.1, 0.15) is 55.4 Å². The molecule has 1 aromatic rings. The van der Waals surface area contributed by atoms with Crippen LogP contribution in [0.4, 0.5) is 31.1 Å². The molecule has 0 aromatic heterocycles. The summed E-state index contributed by atoms with van der Waals surface area (Å²) in [7, 11) is 0. The molecule has 0 radical (unpaired) electrons. The Morgan fingerprint density at radius 2 is 1.59 bits per heavy atom. The van der Waals surface area contributed by atoms with Gasteiger partial charge in [-0.15, -0.1) is 0 Å². The van der Waals surface area contributed by atoms with E-state index < -0.39 is 41.7 Å². The van der Waals surface area contributed by atoms with Crippen molar-refractivity contribution in [3.63, 3.8) is 0 Å². The lowest BCUT2D eigenvalue weighted by Crippen LogP contribution is -2.34. The standard InChI is InChI=1S/C19H18BrF6NO2/c1-10-16(29-17(28)27(10)9-11-4-2-3-5-15(11)20)12-6-13(18(21,22)23)8-14(7-12)19(24,25)26/h6-8,10,16H,2-5,9H2,1H3/t10-,16-/m0/s1. The maximum atomic E-state index is 13.1. The van der Waals surface area contributed by atoms with E-state index in [1.165, 1.54) is 4.90 Å². The molecular weight excluding hydrogens is 468 g/mol. The van der Waals surface area contributed by atoms with Gasteiger partial charge < -0.3 is 4.74 Å². The van der Waals surface area contributed by atoms with Gasteiger partial charge in [-0.2, -0.15) is 26.3 Å². The van der Waals surface area contributed by atoms with Crippen LogP contribution in [0.3, 0.4) is 0 Å². The Hall–Kier alpha value is -1.71. The second-order valence-corrected chi connectivity index (χ2v) is 8.18. The minimum absolute atomic E-state index is 0.0622. The molecule has 3 rings (SSSR count). The van der Waals surface area contributed by atoms with Gasteiger partial charge in [0.25, 0.3) is 0 Å². The van der Waals surface area contributed by atoms with E-state index in [1.807, 2.05) is 0 Å². The molecule has 0 spiro atoms. The molecule has 0 saturated carbocycles. The molecule has 1 aliphatic carbocycles. The van der Waals surface area contributed by atoms with E-state index in [9.17, 15) is 31.1 Å². The fraction of sp³-hybridized carbons (Fsp3) is 0.526. The molecule has 2 aliphatic rings. The minimum Gasteiger partial charge on any atom is -0.439 e. The van der Waals surface area contributed by atoms with Crippen LogP contribution in [0.5, 0.6) is 0 Å². The van der Waals surface area contributed by atoms with E-state index in [2.05, 4.69) is 15.9 Å². The molecule has 0 bridgehead atoms. The lowest BCUT2D eigenvalue weighted by Gasteiger charge is -2.25. The molecule has 1 fully saturated rings. The van der Waals surface area contributed by atoms with Gasteiger partial charge >= 0.3 is 18.4 Å². The number of allylic oxidation sites excluding steroid dienone is 1. The third-order valence-electron chi connectivity index (χ3n) is 5.20. The SMILES string of the molecule is C[C@H]1[C@@H](c2cc(C(F)(F)F)cc(C(F)(F)F)c2)OC(=O)N1CC1=C(Br)CCCC1. The van der Waals surface area contributed by atoms with Crippen molar-refractivity contribution in [3.05, 3.63) is 44.9 Å². The van der Waals surface area contributed by atoms with Crippen LogP contribution in [0.2, 0.25) is 0 Å². The summed E-state index contributed by atoms with van der Waals surface area (Å²) in [5.41, 5.74) is -2.20. The Bertz CT molecular complexity index is 801. The van der Waals surface area contributed by atoms with Gasteiger partial charge in [0, 0.05) is 6.54 Å². The molecule has 160 valence electrons. The van der Waals surface area contributed by atoms with Gasteiger partial charge in [0.2, 0.25) is 0 Å². The number of nitrogens with zero attached hydrogens (tertiary/aromatic N) is 1. The Kier molecular flexibility index (Phi) is 5.95. The van der Waals surface area contributed by atoms with E-state index >= 15 is 0 Å². The van der Waals surface area contributed by atoms with E-state index in [0.29, 0.717) is 12.1 Å². The van der Waals surface area contributed by atoms with Crippen molar-refractivity contribution in [2.45, 2.75) is 57.1 Å². The van der Waals surface area contributed by atoms with Crippen molar-refractivity contribution in [2.75, 3.05) is 6.54 Å². The number of rotatable bonds is 3. The molecule has 0 unspecified atom stereocenters. The van der Waals surface area contributed by atoms with Gasteiger partial charge in [-0.25, -0.2) is 4.79 Å². The van der Waals surface area contributed by atoms with Gasteiger partial charge in [-0.3, -0.25) is 4.90 Å². The smallest absolute Gasteiger partial charge is 0.416 e. The molecule has 1 aliphatic heterocycles. The summed E-state index contributed by atoms with van der Waals surface area (Å²) >= 11 is 3.48. The molecule has 1 saturated heterocycles. The number of benzene rings is 1. The highest BCUT2D eigenvalue weighted by Gasteiger charge is 2.43. The van der Waals surface area contributed by atoms with Gasteiger partial charge in [-0.05, 0) is 66.4 Å². The van der Waals surface area contributed by atoms with Gasteiger partial charge in [-0.1, -0.05) is 15.9 Å². The Balaban J connectivity index is 1.93. The second kappa shape index (κ2) is 7.85. The lowest BCUT2D eigenvalue weighted by atomic mass is 9.96. The number of ether oxygens (including phenoxy) is 1. The van der Waals surface area contributed by atoms with E-state index in [-0.39, 0.29) is 18.2 Å². The summed E-state index contributed by atoms with van der Waals surface area (Å²) in [6, 6.07) is 0.570. The summed E-state index contributed by atoms with van der Waals surface area (Å²) in [5.74, 6) is 0. The van der Waals surface area contributed by atoms with Crippen molar-refractivity contribution in [1.82, 2.24) is 4.90 Å². The van der Waals surface area contributed by atoms with Crippen molar-refractivity contribution in [2.24, 2.45) is 0 Å². The number of alkyl halides is 6. The monoisotopic (exact) mass is 485 g/mol. The van der Waals surface area contributed by atoms with E-state index in [4.69, 9.17) is 4.74 Å². The fourth-order valence-corrected chi connectivity index (χ4v) is 4.21. The highest BCUT2D eigenvalue weighted by molar-refractivity contribution is 9.11. The first-order valence-electron chi connectivity index (χ1n) is 9.01. The first-order valence-corrected chi connectivity index (χ1v) is 9.80. The van der Waals surface area contributed by atoms with Crippen LogP contribution in [-0.2, 0) is 17.1 Å². The van der Waals surface area contributed by atoms with Crippen molar-refractivity contribution >= 4 is 22.0 Å². The quantitative estimate of drug-likeness (QED) is 0.439. The first-order chi connectivity index (χ1) is 13.4. The fourth-order valence-electron chi connectivity index (χ4n) is 3.60. The maximum Gasteiger partial charge on any atom is 0.416 e.